The molecular formula is C16H24N6OS. The van der Waals surface area contributed by atoms with E-state index in [0.29, 0.717) is 12.5 Å². The number of amides is 1. The second-order valence-electron chi connectivity index (χ2n) is 6.29. The number of hydrogen-bond donors (Lipinski definition) is 1. The largest absolute Gasteiger partial charge is 0.348 e. The molecule has 1 aliphatic rings. The monoisotopic (exact) mass is 348 g/mol. The molecule has 8 heteroatoms. The second kappa shape index (κ2) is 7.40. The molecule has 0 bridgehead atoms. The number of fused-ring (bicyclic) bond motifs is 1. The molecule has 2 aromatic heterocycles. The highest BCUT2D eigenvalue weighted by Crippen LogP contribution is 2.15. The number of carbonyl (C=O) groups is 1. The first-order chi connectivity index (χ1) is 11.5. The lowest BCUT2D eigenvalue weighted by Crippen LogP contribution is -2.37. The third-order valence-electron chi connectivity index (χ3n) is 4.19. The average Bonchev–Trinajstić information content (AvgIpc) is 3.18. The molecule has 1 amide bonds. The standard InChI is InChI=1S/C16H24N6OS/c1-4-13-19-14-6-5-11(9-22(14)20-13)17-8-12-10-24-15(18-12)7-16(23)21(2)3/h10-11,17H,4-9H2,1-3H3/t11-/m1/s1. The summed E-state index contributed by atoms with van der Waals surface area (Å²) in [6.07, 6.45) is 3.29. The molecule has 24 heavy (non-hydrogen) atoms. The number of rotatable bonds is 6. The van der Waals surface area contributed by atoms with Crippen LogP contribution in [0.5, 0.6) is 0 Å². The van der Waals surface area contributed by atoms with Gasteiger partial charge >= 0.3 is 0 Å². The Labute approximate surface area is 146 Å². The van der Waals surface area contributed by atoms with E-state index < -0.39 is 0 Å². The molecule has 0 aromatic carbocycles. The van der Waals surface area contributed by atoms with E-state index in [4.69, 9.17) is 0 Å². The first-order valence-electron chi connectivity index (χ1n) is 8.34. The van der Waals surface area contributed by atoms with Gasteiger partial charge in [0.1, 0.15) is 10.8 Å². The maximum Gasteiger partial charge on any atom is 0.228 e. The van der Waals surface area contributed by atoms with Crippen LogP contribution in [0.1, 0.15) is 35.7 Å². The van der Waals surface area contributed by atoms with Gasteiger partial charge in [-0.25, -0.2) is 14.6 Å². The number of nitrogens with zero attached hydrogens (tertiary/aromatic N) is 5. The molecule has 2 aromatic rings. The fraction of sp³-hybridized carbons (Fsp3) is 0.625. The van der Waals surface area contributed by atoms with Crippen LogP contribution in [0.25, 0.3) is 0 Å². The molecular weight excluding hydrogens is 324 g/mol. The lowest BCUT2D eigenvalue weighted by atomic mass is 10.1. The summed E-state index contributed by atoms with van der Waals surface area (Å²) < 4.78 is 2.03. The van der Waals surface area contributed by atoms with Crippen LogP contribution in [0.2, 0.25) is 0 Å². The second-order valence-corrected chi connectivity index (χ2v) is 7.24. The minimum Gasteiger partial charge on any atom is -0.348 e. The van der Waals surface area contributed by atoms with Crippen LogP contribution in [0.15, 0.2) is 5.38 Å². The predicted molar refractivity (Wildman–Crippen MR) is 92.9 cm³/mol. The fourth-order valence-corrected chi connectivity index (χ4v) is 3.51. The van der Waals surface area contributed by atoms with Crippen LogP contribution in [0, 0.1) is 0 Å². The molecule has 0 aliphatic carbocycles. The van der Waals surface area contributed by atoms with Gasteiger partial charge in [-0.05, 0) is 6.42 Å². The van der Waals surface area contributed by atoms with E-state index in [0.717, 1.165) is 54.7 Å². The molecule has 0 fully saturated rings. The van der Waals surface area contributed by atoms with Crippen LogP contribution >= 0.6 is 11.3 Å². The van der Waals surface area contributed by atoms with Crippen molar-refractivity contribution in [2.24, 2.45) is 0 Å². The smallest absolute Gasteiger partial charge is 0.228 e. The molecule has 3 heterocycles. The third-order valence-corrected chi connectivity index (χ3v) is 5.09. The summed E-state index contributed by atoms with van der Waals surface area (Å²) in [5.74, 6) is 2.12. The zero-order chi connectivity index (χ0) is 17.1. The Hall–Kier alpha value is -1.80. The summed E-state index contributed by atoms with van der Waals surface area (Å²) >= 11 is 1.55. The van der Waals surface area contributed by atoms with Crippen molar-refractivity contribution < 1.29 is 4.79 Å². The number of nitrogens with one attached hydrogen (secondary N) is 1. The SMILES string of the molecule is CCc1nc2n(n1)C[C@H](NCc1csc(CC(=O)N(C)C)n1)CC2. The van der Waals surface area contributed by atoms with Crippen LogP contribution in [-0.2, 0) is 37.1 Å². The Morgan fingerprint density at radius 1 is 1.46 bits per heavy atom. The summed E-state index contributed by atoms with van der Waals surface area (Å²) in [5, 5.41) is 11.0. The van der Waals surface area contributed by atoms with Crippen LogP contribution in [0.4, 0.5) is 0 Å². The Morgan fingerprint density at radius 3 is 3.04 bits per heavy atom. The van der Waals surface area contributed by atoms with Crippen molar-refractivity contribution in [1.82, 2.24) is 30.0 Å². The highest BCUT2D eigenvalue weighted by Gasteiger charge is 2.21. The molecule has 0 saturated heterocycles. The summed E-state index contributed by atoms with van der Waals surface area (Å²) in [7, 11) is 3.54. The molecule has 0 radical (unpaired) electrons. The van der Waals surface area contributed by atoms with Crippen molar-refractivity contribution >= 4 is 17.2 Å². The zero-order valence-corrected chi connectivity index (χ0v) is 15.3. The van der Waals surface area contributed by atoms with Crippen LogP contribution in [-0.4, -0.2) is 50.7 Å². The summed E-state index contributed by atoms with van der Waals surface area (Å²) in [6.45, 7) is 3.67. The Kier molecular flexibility index (Phi) is 5.25. The lowest BCUT2D eigenvalue weighted by Gasteiger charge is -2.23. The minimum atomic E-state index is 0.0848. The van der Waals surface area contributed by atoms with E-state index >= 15 is 0 Å². The highest BCUT2D eigenvalue weighted by molar-refractivity contribution is 7.09. The number of thiazole rings is 1. The predicted octanol–water partition coefficient (Wildman–Crippen LogP) is 1.03. The van der Waals surface area contributed by atoms with E-state index in [1.165, 1.54) is 0 Å². The topological polar surface area (TPSA) is 75.9 Å². The molecule has 3 rings (SSSR count). The van der Waals surface area contributed by atoms with E-state index in [9.17, 15) is 4.79 Å². The van der Waals surface area contributed by atoms with E-state index in [1.54, 1.807) is 30.3 Å². The van der Waals surface area contributed by atoms with Gasteiger partial charge in [0, 0.05) is 44.9 Å². The van der Waals surface area contributed by atoms with Crippen molar-refractivity contribution in [3.05, 3.63) is 27.7 Å². The molecule has 1 aliphatic heterocycles. The van der Waals surface area contributed by atoms with Crippen molar-refractivity contribution in [2.75, 3.05) is 14.1 Å². The average molecular weight is 348 g/mol. The van der Waals surface area contributed by atoms with Crippen LogP contribution in [0.3, 0.4) is 0 Å². The first kappa shape index (κ1) is 17.0. The van der Waals surface area contributed by atoms with Crippen molar-refractivity contribution in [1.29, 1.82) is 0 Å². The van der Waals surface area contributed by atoms with Gasteiger partial charge in [-0.1, -0.05) is 6.92 Å². The lowest BCUT2D eigenvalue weighted by molar-refractivity contribution is -0.127. The molecule has 130 valence electrons. The van der Waals surface area contributed by atoms with Gasteiger partial charge < -0.3 is 10.2 Å². The molecule has 0 spiro atoms. The fourth-order valence-electron chi connectivity index (χ4n) is 2.72. The van der Waals surface area contributed by atoms with E-state index in [2.05, 4.69) is 27.3 Å². The Morgan fingerprint density at radius 2 is 2.29 bits per heavy atom. The molecule has 0 unspecified atom stereocenters. The maximum atomic E-state index is 11.7. The van der Waals surface area contributed by atoms with Gasteiger partial charge in [0.25, 0.3) is 0 Å². The van der Waals surface area contributed by atoms with Crippen molar-refractivity contribution in [2.45, 2.75) is 51.7 Å². The number of aryl methyl sites for hydroxylation is 2. The van der Waals surface area contributed by atoms with Crippen molar-refractivity contribution in [3.8, 4) is 0 Å². The number of hydrogen-bond acceptors (Lipinski definition) is 6. The number of likely N-dealkylation sites (N-methyl/N-ethyl adjacent to an activating group) is 1. The summed E-state index contributed by atoms with van der Waals surface area (Å²) in [6, 6.07) is 0.387. The third kappa shape index (κ3) is 3.99. The van der Waals surface area contributed by atoms with E-state index in [-0.39, 0.29) is 5.91 Å². The molecule has 1 N–H and O–H groups in total. The van der Waals surface area contributed by atoms with Gasteiger partial charge in [-0.15, -0.1) is 11.3 Å². The normalized spacial score (nSPS) is 16.9. The minimum absolute atomic E-state index is 0.0848. The van der Waals surface area contributed by atoms with E-state index in [1.807, 2.05) is 10.1 Å². The van der Waals surface area contributed by atoms with Crippen LogP contribution < -0.4 is 5.32 Å². The maximum absolute atomic E-state index is 11.7. The summed E-state index contributed by atoms with van der Waals surface area (Å²) in [4.78, 5) is 22.4. The van der Waals surface area contributed by atoms with Gasteiger partial charge in [-0.3, -0.25) is 4.79 Å². The van der Waals surface area contributed by atoms with Gasteiger partial charge in [0.2, 0.25) is 5.91 Å². The quantitative estimate of drug-likeness (QED) is 0.844. The molecule has 1 atom stereocenters. The summed E-state index contributed by atoms with van der Waals surface area (Å²) in [5.41, 5.74) is 1.00. The molecule has 0 saturated carbocycles. The number of aromatic nitrogens is 4. The van der Waals surface area contributed by atoms with Gasteiger partial charge in [0.05, 0.1) is 18.7 Å². The highest BCUT2D eigenvalue weighted by atomic mass is 32.1. The van der Waals surface area contributed by atoms with Gasteiger partial charge in [-0.2, -0.15) is 5.10 Å². The first-order valence-corrected chi connectivity index (χ1v) is 9.22. The Balaban J connectivity index is 1.51. The van der Waals surface area contributed by atoms with Crippen molar-refractivity contribution in [3.63, 3.8) is 0 Å². The molecule has 7 nitrogen and oxygen atoms in total. The zero-order valence-electron chi connectivity index (χ0n) is 14.4. The Bertz CT molecular complexity index is 707. The van der Waals surface area contributed by atoms with Gasteiger partial charge in [0.15, 0.2) is 5.82 Å². The number of carbonyl (C=O) groups excluding carboxylic acids is 1.